The van der Waals surface area contributed by atoms with Crippen molar-refractivity contribution in [1.29, 1.82) is 0 Å². The number of aryl methyl sites for hydroxylation is 1. The molecule has 1 heterocycles. The summed E-state index contributed by atoms with van der Waals surface area (Å²) in [7, 11) is 0. The van der Waals surface area contributed by atoms with Crippen LogP contribution in [0.3, 0.4) is 0 Å². The predicted molar refractivity (Wildman–Crippen MR) is 112 cm³/mol. The number of ether oxygens (including phenoxy) is 1. The minimum atomic E-state index is -0.530. The minimum absolute atomic E-state index is 0.0250. The highest BCUT2D eigenvalue weighted by Crippen LogP contribution is 2.38. The number of phenols is 1. The lowest BCUT2D eigenvalue weighted by atomic mass is 10.0. The van der Waals surface area contributed by atoms with Crippen LogP contribution in [0.5, 0.6) is 5.75 Å². The molecule has 3 rings (SSSR count). The van der Waals surface area contributed by atoms with Gasteiger partial charge in [-0.05, 0) is 18.6 Å². The summed E-state index contributed by atoms with van der Waals surface area (Å²) in [6, 6.07) is 9.44. The number of nitrogens with zero attached hydrogens (tertiary/aromatic N) is 1. The topological polar surface area (TPSA) is 61.8 Å². The van der Waals surface area contributed by atoms with Crippen LogP contribution in [0.15, 0.2) is 30.3 Å². The Morgan fingerprint density at radius 2 is 1.93 bits per heavy atom. The van der Waals surface area contributed by atoms with E-state index in [-0.39, 0.29) is 32.4 Å². The van der Waals surface area contributed by atoms with E-state index in [2.05, 4.69) is 16.3 Å². The lowest BCUT2D eigenvalue weighted by molar-refractivity contribution is 0.0162. The first kappa shape index (κ1) is 21.2. The quantitative estimate of drug-likeness (QED) is 0.670. The predicted octanol–water partition coefficient (Wildman–Crippen LogP) is 4.46. The Morgan fingerprint density at radius 3 is 2.61 bits per heavy atom. The van der Waals surface area contributed by atoms with E-state index in [1.54, 1.807) is 0 Å². The molecular formula is C20H21Cl3N2O3. The van der Waals surface area contributed by atoms with Gasteiger partial charge in [-0.3, -0.25) is 9.69 Å². The maximum Gasteiger partial charge on any atom is 0.256 e. The number of phenolic OH excluding ortho intramolecular Hbond substituents is 1. The van der Waals surface area contributed by atoms with Crippen molar-refractivity contribution in [2.24, 2.45) is 0 Å². The largest absolute Gasteiger partial charge is 0.505 e. The summed E-state index contributed by atoms with van der Waals surface area (Å²) in [5.41, 5.74) is 2.12. The van der Waals surface area contributed by atoms with Gasteiger partial charge in [0.25, 0.3) is 5.91 Å². The highest BCUT2D eigenvalue weighted by molar-refractivity contribution is 6.45. The SMILES string of the molecule is Cc1cccc(C(CNC(=O)c2c(O)c(Cl)cc(Cl)c2Cl)N2CCOCC2)c1. The second kappa shape index (κ2) is 9.33. The first-order valence-corrected chi connectivity index (χ1v) is 10.0. The normalized spacial score (nSPS) is 16.0. The molecule has 1 fully saturated rings. The fourth-order valence-electron chi connectivity index (χ4n) is 3.30. The highest BCUT2D eigenvalue weighted by atomic mass is 35.5. The van der Waals surface area contributed by atoms with E-state index in [1.165, 1.54) is 6.07 Å². The summed E-state index contributed by atoms with van der Waals surface area (Å²) in [5.74, 6) is -0.912. The monoisotopic (exact) mass is 442 g/mol. The van der Waals surface area contributed by atoms with Crippen LogP contribution in [0.25, 0.3) is 0 Å². The number of benzene rings is 2. The van der Waals surface area contributed by atoms with E-state index in [4.69, 9.17) is 39.5 Å². The van der Waals surface area contributed by atoms with E-state index >= 15 is 0 Å². The first-order chi connectivity index (χ1) is 13.4. The summed E-state index contributed by atoms with van der Waals surface area (Å²) in [6.07, 6.45) is 0. The Morgan fingerprint density at radius 1 is 1.21 bits per heavy atom. The van der Waals surface area contributed by atoms with Gasteiger partial charge in [-0.15, -0.1) is 0 Å². The molecule has 1 aliphatic heterocycles. The molecule has 2 aromatic carbocycles. The summed E-state index contributed by atoms with van der Waals surface area (Å²) >= 11 is 18.1. The lowest BCUT2D eigenvalue weighted by Crippen LogP contribution is -2.43. The van der Waals surface area contributed by atoms with Crippen molar-refractivity contribution in [3.8, 4) is 5.75 Å². The van der Waals surface area contributed by atoms with Gasteiger partial charge in [0.15, 0.2) is 0 Å². The third-order valence-corrected chi connectivity index (χ3v) is 5.82. The van der Waals surface area contributed by atoms with Gasteiger partial charge in [0, 0.05) is 19.6 Å². The van der Waals surface area contributed by atoms with E-state index in [1.807, 2.05) is 25.1 Å². The Kier molecular flexibility index (Phi) is 7.07. The van der Waals surface area contributed by atoms with Gasteiger partial charge in [0.1, 0.15) is 11.3 Å². The maximum absolute atomic E-state index is 12.8. The number of rotatable bonds is 5. The Bertz CT molecular complexity index is 844. The van der Waals surface area contributed by atoms with E-state index in [0.717, 1.165) is 24.2 Å². The lowest BCUT2D eigenvalue weighted by Gasteiger charge is -2.35. The van der Waals surface area contributed by atoms with Crippen LogP contribution in [0, 0.1) is 6.92 Å². The number of halogens is 3. The smallest absolute Gasteiger partial charge is 0.256 e. The van der Waals surface area contributed by atoms with Crippen LogP contribution in [-0.4, -0.2) is 48.8 Å². The summed E-state index contributed by atoms with van der Waals surface area (Å²) in [4.78, 5) is 15.0. The molecule has 0 saturated carbocycles. The first-order valence-electron chi connectivity index (χ1n) is 8.91. The molecule has 1 unspecified atom stereocenters. The summed E-state index contributed by atoms with van der Waals surface area (Å²) in [6.45, 7) is 5.19. The summed E-state index contributed by atoms with van der Waals surface area (Å²) < 4.78 is 5.45. The maximum atomic E-state index is 12.8. The van der Waals surface area contributed by atoms with Gasteiger partial charge in [-0.1, -0.05) is 64.6 Å². The standard InChI is InChI=1S/C20H21Cl3N2O3/c1-12-3-2-4-13(9-12)16(25-5-7-28-8-6-25)11-24-20(27)17-18(23)14(21)10-15(22)19(17)26/h2-4,9-10,16,26H,5-8,11H2,1H3,(H,24,27). The Labute approximate surface area is 179 Å². The molecule has 0 aromatic heterocycles. The number of amides is 1. The molecule has 0 spiro atoms. The molecule has 1 atom stereocenters. The molecule has 0 bridgehead atoms. The van der Waals surface area contributed by atoms with E-state index < -0.39 is 5.91 Å². The van der Waals surface area contributed by atoms with Crippen LogP contribution in [0.1, 0.15) is 27.5 Å². The average Bonchev–Trinajstić information content (AvgIpc) is 2.68. The number of morpholine rings is 1. The zero-order chi connectivity index (χ0) is 20.3. The van der Waals surface area contributed by atoms with Crippen LogP contribution in [0.2, 0.25) is 15.1 Å². The van der Waals surface area contributed by atoms with Crippen LogP contribution >= 0.6 is 34.8 Å². The minimum Gasteiger partial charge on any atom is -0.505 e. The van der Waals surface area contributed by atoms with Crippen molar-refractivity contribution in [2.45, 2.75) is 13.0 Å². The molecule has 0 radical (unpaired) electrons. The van der Waals surface area contributed by atoms with Gasteiger partial charge in [-0.25, -0.2) is 0 Å². The molecule has 5 nitrogen and oxygen atoms in total. The number of hydrogen-bond acceptors (Lipinski definition) is 4. The van der Waals surface area contributed by atoms with Gasteiger partial charge in [0.2, 0.25) is 0 Å². The van der Waals surface area contributed by atoms with E-state index in [0.29, 0.717) is 19.8 Å². The molecule has 1 amide bonds. The van der Waals surface area contributed by atoms with Gasteiger partial charge in [-0.2, -0.15) is 0 Å². The number of hydrogen-bond donors (Lipinski definition) is 2. The molecule has 28 heavy (non-hydrogen) atoms. The van der Waals surface area contributed by atoms with Crippen LogP contribution in [-0.2, 0) is 4.74 Å². The number of aromatic hydroxyl groups is 1. The third-order valence-electron chi connectivity index (χ3n) is 4.74. The highest BCUT2D eigenvalue weighted by Gasteiger charge is 2.26. The second-order valence-electron chi connectivity index (χ2n) is 6.67. The molecule has 8 heteroatoms. The molecule has 0 aliphatic carbocycles. The van der Waals surface area contributed by atoms with Crippen molar-refractivity contribution < 1.29 is 14.6 Å². The van der Waals surface area contributed by atoms with Crippen molar-refractivity contribution in [3.05, 3.63) is 62.1 Å². The fourth-order valence-corrected chi connectivity index (χ4v) is 3.99. The fraction of sp³-hybridized carbons (Fsp3) is 0.350. The van der Waals surface area contributed by atoms with Gasteiger partial charge >= 0.3 is 0 Å². The molecule has 2 aromatic rings. The zero-order valence-electron chi connectivity index (χ0n) is 15.3. The second-order valence-corrected chi connectivity index (χ2v) is 7.86. The third kappa shape index (κ3) is 4.73. The molecule has 150 valence electrons. The van der Waals surface area contributed by atoms with Gasteiger partial charge < -0.3 is 15.2 Å². The molecular weight excluding hydrogens is 423 g/mol. The Hall–Kier alpha value is -1.50. The van der Waals surface area contributed by atoms with Crippen molar-refractivity contribution >= 4 is 40.7 Å². The zero-order valence-corrected chi connectivity index (χ0v) is 17.6. The molecule has 1 aliphatic rings. The summed E-state index contributed by atoms with van der Waals surface area (Å²) in [5, 5.41) is 13.1. The molecule has 1 saturated heterocycles. The van der Waals surface area contributed by atoms with Crippen molar-refractivity contribution in [3.63, 3.8) is 0 Å². The van der Waals surface area contributed by atoms with Crippen molar-refractivity contribution in [1.82, 2.24) is 10.2 Å². The van der Waals surface area contributed by atoms with Crippen LogP contribution in [0.4, 0.5) is 0 Å². The van der Waals surface area contributed by atoms with E-state index in [9.17, 15) is 9.90 Å². The number of carbonyl (C=O) groups is 1. The van der Waals surface area contributed by atoms with Crippen LogP contribution < -0.4 is 5.32 Å². The molecule has 2 N–H and O–H groups in total. The van der Waals surface area contributed by atoms with Gasteiger partial charge in [0.05, 0.1) is 34.3 Å². The average molecular weight is 444 g/mol. The number of nitrogens with one attached hydrogen (secondary N) is 1. The Balaban J connectivity index is 1.83. The van der Waals surface area contributed by atoms with Crippen molar-refractivity contribution in [2.75, 3.05) is 32.8 Å². The number of carbonyl (C=O) groups excluding carboxylic acids is 1.